The molecule has 0 amide bonds. The highest BCUT2D eigenvalue weighted by Crippen LogP contribution is 2.08. The highest BCUT2D eigenvalue weighted by Gasteiger charge is 2.08. The van der Waals surface area contributed by atoms with Gasteiger partial charge in [0.2, 0.25) is 0 Å². The molecular formula is C11H21N3S. The van der Waals surface area contributed by atoms with E-state index in [4.69, 9.17) is 0 Å². The van der Waals surface area contributed by atoms with Crippen LogP contribution in [0.2, 0.25) is 0 Å². The van der Waals surface area contributed by atoms with Crippen molar-refractivity contribution < 1.29 is 0 Å². The Morgan fingerprint density at radius 1 is 1.53 bits per heavy atom. The van der Waals surface area contributed by atoms with Crippen LogP contribution >= 0.6 is 11.8 Å². The molecule has 0 aliphatic carbocycles. The number of likely N-dealkylation sites (N-methyl/N-ethyl adjacent to an activating group) is 1. The number of nitrogens with zero attached hydrogens (tertiary/aromatic N) is 2. The van der Waals surface area contributed by atoms with E-state index < -0.39 is 0 Å². The first kappa shape index (κ1) is 12.6. The first-order chi connectivity index (χ1) is 7.30. The molecule has 0 spiro atoms. The fourth-order valence-corrected chi connectivity index (χ4v) is 2.28. The van der Waals surface area contributed by atoms with E-state index in [1.165, 1.54) is 17.1 Å². The number of aryl methyl sites for hydroxylation is 1. The zero-order valence-electron chi connectivity index (χ0n) is 9.86. The lowest BCUT2D eigenvalue weighted by atomic mass is 10.1. The summed E-state index contributed by atoms with van der Waals surface area (Å²) >= 11 is 1.98. The second-order valence-corrected chi connectivity index (χ2v) is 4.87. The third kappa shape index (κ3) is 4.26. The standard InChI is InChI=1S/C11H21N3S/c1-4-14-8-10(7-13-14)6-11(12-3)9-15-5-2/h7-8,11-12H,4-6,9H2,1-3H3. The largest absolute Gasteiger partial charge is 0.316 e. The molecule has 15 heavy (non-hydrogen) atoms. The van der Waals surface area contributed by atoms with Gasteiger partial charge in [-0.25, -0.2) is 0 Å². The van der Waals surface area contributed by atoms with Crippen LogP contribution in [0.1, 0.15) is 19.4 Å². The van der Waals surface area contributed by atoms with Crippen molar-refractivity contribution in [2.75, 3.05) is 18.6 Å². The minimum Gasteiger partial charge on any atom is -0.316 e. The Kier molecular flexibility index (Phi) is 5.79. The maximum absolute atomic E-state index is 4.28. The van der Waals surface area contributed by atoms with Crippen LogP contribution in [0.5, 0.6) is 0 Å². The van der Waals surface area contributed by atoms with E-state index in [0.29, 0.717) is 6.04 Å². The van der Waals surface area contributed by atoms with E-state index >= 15 is 0 Å². The van der Waals surface area contributed by atoms with Crippen molar-refractivity contribution >= 4 is 11.8 Å². The van der Waals surface area contributed by atoms with Crippen LogP contribution in [0.25, 0.3) is 0 Å². The molecule has 3 nitrogen and oxygen atoms in total. The molecule has 1 unspecified atom stereocenters. The number of rotatable bonds is 7. The Balaban J connectivity index is 2.43. The summed E-state index contributed by atoms with van der Waals surface area (Å²) in [5.74, 6) is 2.36. The van der Waals surface area contributed by atoms with E-state index in [0.717, 1.165) is 13.0 Å². The zero-order valence-corrected chi connectivity index (χ0v) is 10.7. The van der Waals surface area contributed by atoms with Gasteiger partial charge in [0.15, 0.2) is 0 Å². The summed E-state index contributed by atoms with van der Waals surface area (Å²) < 4.78 is 1.98. The molecule has 0 aliphatic rings. The minimum absolute atomic E-state index is 0.560. The second kappa shape index (κ2) is 6.90. The Labute approximate surface area is 96.6 Å². The average molecular weight is 227 g/mol. The molecule has 0 radical (unpaired) electrons. The van der Waals surface area contributed by atoms with Gasteiger partial charge in [-0.1, -0.05) is 6.92 Å². The molecule has 86 valence electrons. The number of nitrogens with one attached hydrogen (secondary N) is 1. The van der Waals surface area contributed by atoms with Crippen molar-refractivity contribution in [3.8, 4) is 0 Å². The van der Waals surface area contributed by atoms with Crippen molar-refractivity contribution in [3.05, 3.63) is 18.0 Å². The van der Waals surface area contributed by atoms with Crippen LogP contribution in [0.4, 0.5) is 0 Å². The van der Waals surface area contributed by atoms with Gasteiger partial charge in [-0.2, -0.15) is 16.9 Å². The lowest BCUT2D eigenvalue weighted by Crippen LogP contribution is -2.30. The van der Waals surface area contributed by atoms with Gasteiger partial charge in [-0.05, 0) is 31.7 Å². The van der Waals surface area contributed by atoms with Gasteiger partial charge < -0.3 is 5.32 Å². The highest BCUT2D eigenvalue weighted by molar-refractivity contribution is 7.99. The molecule has 0 aliphatic heterocycles. The highest BCUT2D eigenvalue weighted by atomic mass is 32.2. The van der Waals surface area contributed by atoms with Crippen LogP contribution in [-0.4, -0.2) is 34.4 Å². The van der Waals surface area contributed by atoms with Gasteiger partial charge in [0, 0.05) is 24.5 Å². The van der Waals surface area contributed by atoms with E-state index in [9.17, 15) is 0 Å². The van der Waals surface area contributed by atoms with E-state index in [2.05, 4.69) is 30.5 Å². The molecule has 1 aromatic heterocycles. The number of thioether (sulfide) groups is 1. The fraction of sp³-hybridized carbons (Fsp3) is 0.727. The van der Waals surface area contributed by atoms with Crippen LogP contribution in [0.15, 0.2) is 12.4 Å². The third-order valence-electron chi connectivity index (χ3n) is 2.42. The van der Waals surface area contributed by atoms with E-state index in [1.807, 2.05) is 29.7 Å². The van der Waals surface area contributed by atoms with Gasteiger partial charge in [-0.3, -0.25) is 4.68 Å². The first-order valence-corrected chi connectivity index (χ1v) is 6.71. The molecule has 1 heterocycles. The molecule has 0 aromatic carbocycles. The number of hydrogen-bond donors (Lipinski definition) is 1. The normalized spacial score (nSPS) is 13.0. The van der Waals surface area contributed by atoms with Crippen molar-refractivity contribution in [2.45, 2.75) is 32.9 Å². The van der Waals surface area contributed by atoms with Gasteiger partial charge in [0.25, 0.3) is 0 Å². The van der Waals surface area contributed by atoms with Crippen LogP contribution in [0.3, 0.4) is 0 Å². The Morgan fingerprint density at radius 2 is 2.33 bits per heavy atom. The topological polar surface area (TPSA) is 29.9 Å². The summed E-state index contributed by atoms with van der Waals surface area (Å²) in [6.07, 6.45) is 5.19. The predicted octanol–water partition coefficient (Wildman–Crippen LogP) is 1.79. The maximum atomic E-state index is 4.28. The number of aromatic nitrogens is 2. The van der Waals surface area contributed by atoms with Gasteiger partial charge in [0.1, 0.15) is 0 Å². The van der Waals surface area contributed by atoms with E-state index in [-0.39, 0.29) is 0 Å². The molecule has 0 fully saturated rings. The Morgan fingerprint density at radius 3 is 2.87 bits per heavy atom. The lowest BCUT2D eigenvalue weighted by Gasteiger charge is -2.13. The van der Waals surface area contributed by atoms with Crippen LogP contribution < -0.4 is 5.32 Å². The average Bonchev–Trinajstić information content (AvgIpc) is 2.71. The summed E-state index contributed by atoms with van der Waals surface area (Å²) in [5, 5.41) is 7.64. The zero-order chi connectivity index (χ0) is 11.1. The molecule has 4 heteroatoms. The number of hydrogen-bond acceptors (Lipinski definition) is 3. The summed E-state index contributed by atoms with van der Waals surface area (Å²) in [7, 11) is 2.03. The predicted molar refractivity (Wildman–Crippen MR) is 67.5 cm³/mol. The van der Waals surface area contributed by atoms with E-state index in [1.54, 1.807) is 0 Å². The summed E-state index contributed by atoms with van der Waals surface area (Å²) in [6, 6.07) is 0.560. The monoisotopic (exact) mass is 227 g/mol. The van der Waals surface area contributed by atoms with Crippen molar-refractivity contribution in [3.63, 3.8) is 0 Å². The second-order valence-electron chi connectivity index (χ2n) is 3.55. The molecule has 1 aromatic rings. The SMILES string of the molecule is CCSCC(Cc1cnn(CC)c1)NC. The molecule has 1 rings (SSSR count). The van der Waals surface area contributed by atoms with Crippen molar-refractivity contribution in [1.29, 1.82) is 0 Å². The molecular weight excluding hydrogens is 206 g/mol. The van der Waals surface area contributed by atoms with Crippen LogP contribution in [0, 0.1) is 0 Å². The molecule has 0 bridgehead atoms. The van der Waals surface area contributed by atoms with Gasteiger partial charge >= 0.3 is 0 Å². The smallest absolute Gasteiger partial charge is 0.0522 e. The summed E-state index contributed by atoms with van der Waals surface area (Å²) in [6.45, 7) is 5.26. The molecule has 1 atom stereocenters. The summed E-state index contributed by atoms with van der Waals surface area (Å²) in [4.78, 5) is 0. The first-order valence-electron chi connectivity index (χ1n) is 5.56. The molecule has 0 saturated carbocycles. The molecule has 0 saturated heterocycles. The lowest BCUT2D eigenvalue weighted by molar-refractivity contribution is 0.615. The summed E-state index contributed by atoms with van der Waals surface area (Å²) in [5.41, 5.74) is 1.33. The maximum Gasteiger partial charge on any atom is 0.0522 e. The quantitative estimate of drug-likeness (QED) is 0.770. The minimum atomic E-state index is 0.560. The van der Waals surface area contributed by atoms with Gasteiger partial charge in [-0.15, -0.1) is 0 Å². The Bertz CT molecular complexity index is 273. The van der Waals surface area contributed by atoms with Gasteiger partial charge in [0.05, 0.1) is 6.20 Å². The van der Waals surface area contributed by atoms with Crippen molar-refractivity contribution in [2.24, 2.45) is 0 Å². The fourth-order valence-electron chi connectivity index (χ4n) is 1.47. The third-order valence-corrected chi connectivity index (χ3v) is 3.47. The Hall–Kier alpha value is -0.480. The van der Waals surface area contributed by atoms with Crippen LogP contribution in [-0.2, 0) is 13.0 Å². The van der Waals surface area contributed by atoms with Crippen molar-refractivity contribution in [1.82, 2.24) is 15.1 Å². The molecule has 1 N–H and O–H groups in total.